The Morgan fingerprint density at radius 2 is 0.772 bits per heavy atom. The lowest BCUT2D eigenvalue weighted by Crippen LogP contribution is -2.45. The molecule has 0 saturated carbocycles. The Kier molecular flexibility index (Phi) is 47.8. The van der Waals surface area contributed by atoms with Crippen molar-refractivity contribution in [2.24, 2.45) is 0 Å². The maximum absolute atomic E-state index is 12.4. The van der Waals surface area contributed by atoms with Crippen LogP contribution in [0, 0.1) is 0 Å². The van der Waals surface area contributed by atoms with Gasteiger partial charge in [0.2, 0.25) is 5.91 Å². The molecule has 2 unspecified atom stereocenters. The van der Waals surface area contributed by atoms with Crippen molar-refractivity contribution in [1.82, 2.24) is 5.32 Å². The van der Waals surface area contributed by atoms with Gasteiger partial charge in [-0.3, -0.25) is 4.79 Å². The van der Waals surface area contributed by atoms with Gasteiger partial charge in [0.05, 0.1) is 18.8 Å². The average molecular weight is 800 g/mol. The number of aliphatic hydroxyl groups excluding tert-OH is 2. The topological polar surface area (TPSA) is 69.6 Å². The fourth-order valence-electron chi connectivity index (χ4n) is 7.98. The summed E-state index contributed by atoms with van der Waals surface area (Å²) in [7, 11) is 0. The third-order valence-corrected chi connectivity index (χ3v) is 11.9. The lowest BCUT2D eigenvalue weighted by molar-refractivity contribution is -0.123. The summed E-state index contributed by atoms with van der Waals surface area (Å²) in [5, 5.41) is 23.1. The number of allylic oxidation sites excluding steroid dienone is 5. The summed E-state index contributed by atoms with van der Waals surface area (Å²) in [6.07, 6.45) is 65.7. The highest BCUT2D eigenvalue weighted by Gasteiger charge is 2.18. The van der Waals surface area contributed by atoms with Crippen LogP contribution >= 0.6 is 0 Å². The molecule has 0 fully saturated rings. The number of unbranched alkanes of at least 4 members (excludes halogenated alkanes) is 36. The van der Waals surface area contributed by atoms with Gasteiger partial charge in [-0.25, -0.2) is 0 Å². The first-order chi connectivity index (χ1) is 28.2. The summed E-state index contributed by atoms with van der Waals surface area (Å²) in [5.41, 5.74) is 0. The number of rotatable bonds is 47. The molecule has 0 bridgehead atoms. The molecule has 0 aromatic carbocycles. The smallest absolute Gasteiger partial charge is 0.220 e. The van der Waals surface area contributed by atoms with Crippen molar-refractivity contribution in [3.8, 4) is 0 Å². The van der Waals surface area contributed by atoms with Gasteiger partial charge >= 0.3 is 0 Å². The molecule has 336 valence electrons. The molecule has 0 aliphatic carbocycles. The largest absolute Gasteiger partial charge is 0.394 e. The molecular weight excluding hydrogens is 699 g/mol. The summed E-state index contributed by atoms with van der Waals surface area (Å²) >= 11 is 0. The van der Waals surface area contributed by atoms with Crippen LogP contribution in [0.15, 0.2) is 36.5 Å². The van der Waals surface area contributed by atoms with Gasteiger partial charge in [0, 0.05) is 6.42 Å². The van der Waals surface area contributed by atoms with Crippen molar-refractivity contribution >= 4 is 5.91 Å². The molecule has 0 spiro atoms. The Morgan fingerprint density at radius 3 is 1.14 bits per heavy atom. The predicted octanol–water partition coefficient (Wildman–Crippen LogP) is 16.5. The molecule has 0 radical (unpaired) electrons. The van der Waals surface area contributed by atoms with Crippen LogP contribution in [0.2, 0.25) is 0 Å². The number of carbonyl (C=O) groups is 1. The second-order valence-corrected chi connectivity index (χ2v) is 17.6. The van der Waals surface area contributed by atoms with E-state index in [1.54, 1.807) is 6.08 Å². The standard InChI is InChI=1S/C53H101NO3/c1-3-5-7-9-11-13-15-17-19-21-23-25-26-27-29-30-32-34-36-38-40-42-44-46-48-52(56)51(50-55)54-53(57)49-47-45-43-41-39-37-35-33-31-28-24-22-20-18-16-14-12-10-8-6-4-2/h6,8,12,14,46,48,51-52,55-56H,3-5,7,9-11,13,15-45,47,49-50H2,1-2H3,(H,54,57)/b8-6-,14-12-,48-46+. The van der Waals surface area contributed by atoms with E-state index in [9.17, 15) is 15.0 Å². The van der Waals surface area contributed by atoms with Crippen molar-refractivity contribution in [2.75, 3.05) is 6.61 Å². The van der Waals surface area contributed by atoms with Crippen LogP contribution in [0.1, 0.15) is 277 Å². The summed E-state index contributed by atoms with van der Waals surface area (Å²) < 4.78 is 0. The van der Waals surface area contributed by atoms with Crippen molar-refractivity contribution < 1.29 is 15.0 Å². The number of carbonyl (C=O) groups excluding carboxylic acids is 1. The van der Waals surface area contributed by atoms with Gasteiger partial charge in [0.1, 0.15) is 0 Å². The number of amides is 1. The summed E-state index contributed by atoms with van der Waals surface area (Å²) in [6, 6.07) is -0.622. The molecule has 0 aromatic rings. The van der Waals surface area contributed by atoms with E-state index in [4.69, 9.17) is 0 Å². The van der Waals surface area contributed by atoms with E-state index in [2.05, 4.69) is 43.5 Å². The molecule has 4 nitrogen and oxygen atoms in total. The van der Waals surface area contributed by atoms with E-state index in [1.807, 2.05) is 6.08 Å². The molecule has 0 aromatic heterocycles. The van der Waals surface area contributed by atoms with E-state index in [-0.39, 0.29) is 12.5 Å². The minimum Gasteiger partial charge on any atom is -0.394 e. The maximum atomic E-state index is 12.4. The van der Waals surface area contributed by atoms with Crippen molar-refractivity contribution in [3.05, 3.63) is 36.5 Å². The molecule has 3 N–H and O–H groups in total. The highest BCUT2D eigenvalue weighted by Crippen LogP contribution is 2.17. The Balaban J connectivity index is 3.49. The number of nitrogens with one attached hydrogen (secondary N) is 1. The van der Waals surface area contributed by atoms with Crippen LogP contribution in [0.4, 0.5) is 0 Å². The van der Waals surface area contributed by atoms with Gasteiger partial charge in [-0.15, -0.1) is 0 Å². The predicted molar refractivity (Wildman–Crippen MR) is 253 cm³/mol. The van der Waals surface area contributed by atoms with Crippen LogP contribution in [-0.4, -0.2) is 34.9 Å². The van der Waals surface area contributed by atoms with Gasteiger partial charge in [0.15, 0.2) is 0 Å². The van der Waals surface area contributed by atoms with Gasteiger partial charge in [-0.2, -0.15) is 0 Å². The third kappa shape index (κ3) is 45.5. The minimum atomic E-state index is -0.839. The second kappa shape index (κ2) is 49.0. The average Bonchev–Trinajstić information content (AvgIpc) is 3.22. The van der Waals surface area contributed by atoms with Crippen molar-refractivity contribution in [1.29, 1.82) is 0 Å². The van der Waals surface area contributed by atoms with Crippen molar-refractivity contribution in [3.63, 3.8) is 0 Å². The van der Waals surface area contributed by atoms with Crippen molar-refractivity contribution in [2.45, 2.75) is 289 Å². The Morgan fingerprint density at radius 1 is 0.439 bits per heavy atom. The first-order valence-electron chi connectivity index (χ1n) is 25.7. The van der Waals surface area contributed by atoms with E-state index >= 15 is 0 Å². The van der Waals surface area contributed by atoms with Gasteiger partial charge in [-0.05, 0) is 44.9 Å². The molecule has 2 atom stereocenters. The normalized spacial score (nSPS) is 13.1. The first-order valence-corrected chi connectivity index (χ1v) is 25.7. The minimum absolute atomic E-state index is 0.0617. The molecular formula is C53H101NO3. The number of hydrogen-bond donors (Lipinski definition) is 3. The van der Waals surface area contributed by atoms with Crippen LogP contribution in [0.3, 0.4) is 0 Å². The van der Waals surface area contributed by atoms with E-state index < -0.39 is 12.1 Å². The van der Waals surface area contributed by atoms with E-state index in [1.165, 1.54) is 218 Å². The zero-order valence-electron chi connectivity index (χ0n) is 38.6. The van der Waals surface area contributed by atoms with Crippen LogP contribution in [0.25, 0.3) is 0 Å². The molecule has 0 aliphatic rings. The number of aliphatic hydroxyl groups is 2. The van der Waals surface area contributed by atoms with Crippen LogP contribution in [-0.2, 0) is 4.79 Å². The maximum Gasteiger partial charge on any atom is 0.220 e. The SMILES string of the molecule is CC/C=C\C/C=C\CCCCCCCCCCCCCCCCC(=O)NC(CO)C(O)/C=C/CCCCCCCCCCCCCCCCCCCCCCCC. The molecule has 4 heteroatoms. The summed E-state index contributed by atoms with van der Waals surface area (Å²) in [6.45, 7) is 4.23. The quantitative estimate of drug-likeness (QED) is 0.0424. The third-order valence-electron chi connectivity index (χ3n) is 11.9. The fourth-order valence-corrected chi connectivity index (χ4v) is 7.98. The lowest BCUT2D eigenvalue weighted by atomic mass is 10.0. The van der Waals surface area contributed by atoms with Gasteiger partial charge in [0.25, 0.3) is 0 Å². The van der Waals surface area contributed by atoms with E-state index in [0.717, 1.165) is 38.5 Å². The molecule has 0 saturated heterocycles. The Bertz CT molecular complexity index is 866. The summed E-state index contributed by atoms with van der Waals surface area (Å²) in [4.78, 5) is 12.4. The highest BCUT2D eigenvalue weighted by atomic mass is 16.3. The molecule has 1 amide bonds. The fraction of sp³-hybridized carbons (Fsp3) is 0.868. The highest BCUT2D eigenvalue weighted by molar-refractivity contribution is 5.76. The Labute approximate surface area is 357 Å². The molecule has 0 heterocycles. The molecule has 0 rings (SSSR count). The molecule has 0 aliphatic heterocycles. The first kappa shape index (κ1) is 55.6. The Hall–Kier alpha value is -1.39. The zero-order chi connectivity index (χ0) is 41.4. The molecule has 57 heavy (non-hydrogen) atoms. The second-order valence-electron chi connectivity index (χ2n) is 17.6. The lowest BCUT2D eigenvalue weighted by Gasteiger charge is -2.20. The van der Waals surface area contributed by atoms with Crippen LogP contribution < -0.4 is 5.32 Å². The van der Waals surface area contributed by atoms with Gasteiger partial charge < -0.3 is 15.5 Å². The summed E-state index contributed by atoms with van der Waals surface area (Å²) in [5.74, 6) is -0.0617. The van der Waals surface area contributed by atoms with E-state index in [0.29, 0.717) is 6.42 Å². The monoisotopic (exact) mass is 800 g/mol. The number of hydrogen-bond acceptors (Lipinski definition) is 3. The zero-order valence-corrected chi connectivity index (χ0v) is 38.6. The van der Waals surface area contributed by atoms with Crippen LogP contribution in [0.5, 0.6) is 0 Å². The van der Waals surface area contributed by atoms with Gasteiger partial charge in [-0.1, -0.05) is 262 Å².